The summed E-state index contributed by atoms with van der Waals surface area (Å²) in [7, 11) is 0. The summed E-state index contributed by atoms with van der Waals surface area (Å²) in [4.78, 5) is 35.8. The fourth-order valence-electron chi connectivity index (χ4n) is 3.43. The molecule has 1 saturated carbocycles. The van der Waals surface area contributed by atoms with Crippen molar-refractivity contribution in [3.05, 3.63) is 48.4 Å². The van der Waals surface area contributed by atoms with E-state index in [0.29, 0.717) is 43.6 Å². The molecule has 0 bridgehead atoms. The minimum absolute atomic E-state index is 0.0174. The van der Waals surface area contributed by atoms with Gasteiger partial charge in [0.1, 0.15) is 5.76 Å². The van der Waals surface area contributed by atoms with Crippen LogP contribution in [0.5, 0.6) is 0 Å². The van der Waals surface area contributed by atoms with Crippen LogP contribution < -0.4 is 16.0 Å². The summed E-state index contributed by atoms with van der Waals surface area (Å²) in [6.07, 6.45) is 4.36. The van der Waals surface area contributed by atoms with Crippen LogP contribution in [0.3, 0.4) is 0 Å². The van der Waals surface area contributed by atoms with Crippen LogP contribution in [-0.4, -0.2) is 17.7 Å². The van der Waals surface area contributed by atoms with Gasteiger partial charge < -0.3 is 20.4 Å². The molecule has 1 aromatic carbocycles. The molecule has 3 rings (SSSR count). The molecule has 0 saturated heterocycles. The summed E-state index contributed by atoms with van der Waals surface area (Å²) in [6.45, 7) is 1.84. The Morgan fingerprint density at radius 3 is 2.00 bits per heavy atom. The molecule has 2 aromatic rings. The highest BCUT2D eigenvalue weighted by molar-refractivity contribution is 5.93. The Morgan fingerprint density at radius 1 is 0.893 bits per heavy atom. The number of furan rings is 1. The topological polar surface area (TPSA) is 100 Å². The van der Waals surface area contributed by atoms with Crippen molar-refractivity contribution in [1.29, 1.82) is 0 Å². The molecule has 0 spiro atoms. The molecule has 1 aliphatic rings. The van der Waals surface area contributed by atoms with Crippen LogP contribution in [0.2, 0.25) is 0 Å². The van der Waals surface area contributed by atoms with Crippen LogP contribution in [0.15, 0.2) is 47.1 Å². The lowest BCUT2D eigenvalue weighted by Gasteiger charge is -2.27. The zero-order valence-electron chi connectivity index (χ0n) is 15.9. The van der Waals surface area contributed by atoms with Crippen LogP contribution in [0, 0.1) is 11.8 Å². The second-order valence-corrected chi connectivity index (χ2v) is 7.09. The third-order valence-corrected chi connectivity index (χ3v) is 4.96. The lowest BCUT2D eigenvalue weighted by molar-refractivity contribution is -0.128. The van der Waals surface area contributed by atoms with Gasteiger partial charge in [0, 0.05) is 30.1 Å². The van der Waals surface area contributed by atoms with E-state index >= 15 is 0 Å². The van der Waals surface area contributed by atoms with E-state index in [1.807, 2.05) is 6.07 Å². The Morgan fingerprint density at radius 2 is 1.46 bits per heavy atom. The molecule has 3 N–H and O–H groups in total. The Hall–Kier alpha value is -3.09. The number of nitrogens with one attached hydrogen (secondary N) is 3. The molecule has 7 heteroatoms. The molecule has 0 radical (unpaired) electrons. The van der Waals surface area contributed by atoms with Crippen molar-refractivity contribution in [2.24, 2.45) is 11.8 Å². The Kier molecular flexibility index (Phi) is 6.47. The largest absolute Gasteiger partial charge is 0.467 e. The molecule has 1 aromatic heterocycles. The van der Waals surface area contributed by atoms with E-state index in [1.165, 1.54) is 6.92 Å². The SMILES string of the molecule is CC(=O)Nc1ccc(NC(=O)C2CCC(C(=O)NCc3ccco3)CC2)cc1. The van der Waals surface area contributed by atoms with Crippen molar-refractivity contribution in [3.63, 3.8) is 0 Å². The summed E-state index contributed by atoms with van der Waals surface area (Å²) in [5.41, 5.74) is 1.38. The van der Waals surface area contributed by atoms with Crippen molar-refractivity contribution >= 4 is 29.1 Å². The Labute approximate surface area is 163 Å². The van der Waals surface area contributed by atoms with E-state index in [2.05, 4.69) is 16.0 Å². The maximum Gasteiger partial charge on any atom is 0.227 e. The normalized spacial score (nSPS) is 18.9. The standard InChI is InChI=1S/C21H25N3O4/c1-14(25)23-17-8-10-18(11-9-17)24-21(27)16-6-4-15(5-7-16)20(26)22-13-19-3-2-12-28-19/h2-3,8-12,15-16H,4-7,13H2,1H3,(H,22,26)(H,23,25)(H,24,27). The van der Waals surface area contributed by atoms with Gasteiger partial charge in [-0.25, -0.2) is 0 Å². The number of hydrogen-bond donors (Lipinski definition) is 3. The average Bonchev–Trinajstić information content (AvgIpc) is 3.21. The minimum Gasteiger partial charge on any atom is -0.467 e. The van der Waals surface area contributed by atoms with E-state index in [-0.39, 0.29) is 29.6 Å². The second kappa shape index (κ2) is 9.21. The molecule has 1 heterocycles. The maximum atomic E-state index is 12.5. The smallest absolute Gasteiger partial charge is 0.227 e. The van der Waals surface area contributed by atoms with Crippen molar-refractivity contribution < 1.29 is 18.8 Å². The van der Waals surface area contributed by atoms with Gasteiger partial charge in [0.05, 0.1) is 12.8 Å². The molecular weight excluding hydrogens is 358 g/mol. The summed E-state index contributed by atoms with van der Waals surface area (Å²) in [5.74, 6) is 0.429. The molecule has 7 nitrogen and oxygen atoms in total. The lowest BCUT2D eigenvalue weighted by atomic mass is 9.81. The second-order valence-electron chi connectivity index (χ2n) is 7.09. The molecule has 1 fully saturated rings. The van der Waals surface area contributed by atoms with Crippen LogP contribution in [-0.2, 0) is 20.9 Å². The molecule has 0 unspecified atom stereocenters. The van der Waals surface area contributed by atoms with Gasteiger partial charge in [-0.2, -0.15) is 0 Å². The van der Waals surface area contributed by atoms with E-state index in [9.17, 15) is 14.4 Å². The van der Waals surface area contributed by atoms with Gasteiger partial charge in [0.2, 0.25) is 17.7 Å². The molecular formula is C21H25N3O4. The molecule has 28 heavy (non-hydrogen) atoms. The zero-order valence-corrected chi connectivity index (χ0v) is 15.9. The average molecular weight is 383 g/mol. The van der Waals surface area contributed by atoms with Crippen molar-refractivity contribution in [1.82, 2.24) is 5.32 Å². The summed E-state index contributed by atoms with van der Waals surface area (Å²) in [6, 6.07) is 10.6. The molecule has 0 aliphatic heterocycles. The number of hydrogen-bond acceptors (Lipinski definition) is 4. The first-order valence-electron chi connectivity index (χ1n) is 9.50. The number of carbonyl (C=O) groups excluding carboxylic acids is 3. The number of anilines is 2. The van der Waals surface area contributed by atoms with Gasteiger partial charge in [-0.3, -0.25) is 14.4 Å². The third kappa shape index (κ3) is 5.45. The highest BCUT2D eigenvalue weighted by Crippen LogP contribution is 2.30. The lowest BCUT2D eigenvalue weighted by Crippen LogP contribution is -2.35. The first-order valence-corrected chi connectivity index (χ1v) is 9.50. The van der Waals surface area contributed by atoms with Gasteiger partial charge in [-0.05, 0) is 62.1 Å². The van der Waals surface area contributed by atoms with Gasteiger partial charge >= 0.3 is 0 Å². The summed E-state index contributed by atoms with van der Waals surface area (Å²) in [5, 5.41) is 8.50. The zero-order chi connectivity index (χ0) is 19.9. The van der Waals surface area contributed by atoms with Crippen molar-refractivity contribution in [2.75, 3.05) is 10.6 Å². The molecule has 148 valence electrons. The highest BCUT2D eigenvalue weighted by Gasteiger charge is 2.29. The number of carbonyl (C=O) groups is 3. The first-order chi connectivity index (χ1) is 13.5. The number of benzene rings is 1. The third-order valence-electron chi connectivity index (χ3n) is 4.96. The minimum atomic E-state index is -0.137. The fourth-order valence-corrected chi connectivity index (χ4v) is 3.43. The number of amides is 3. The van der Waals surface area contributed by atoms with Crippen LogP contribution >= 0.6 is 0 Å². The number of rotatable bonds is 6. The monoisotopic (exact) mass is 383 g/mol. The predicted octanol–water partition coefficient (Wildman–Crippen LogP) is 3.30. The first kappa shape index (κ1) is 19.7. The van der Waals surface area contributed by atoms with Crippen molar-refractivity contribution in [3.8, 4) is 0 Å². The molecule has 3 amide bonds. The van der Waals surface area contributed by atoms with E-state index in [1.54, 1.807) is 36.6 Å². The van der Waals surface area contributed by atoms with Crippen LogP contribution in [0.4, 0.5) is 11.4 Å². The fraction of sp³-hybridized carbons (Fsp3) is 0.381. The quantitative estimate of drug-likeness (QED) is 0.712. The van der Waals surface area contributed by atoms with Gasteiger partial charge in [0.25, 0.3) is 0 Å². The van der Waals surface area contributed by atoms with Crippen LogP contribution in [0.25, 0.3) is 0 Å². The molecule has 1 aliphatic carbocycles. The van der Waals surface area contributed by atoms with Gasteiger partial charge in [-0.15, -0.1) is 0 Å². The Bertz CT molecular complexity index is 807. The van der Waals surface area contributed by atoms with E-state index < -0.39 is 0 Å². The Balaban J connectivity index is 1.43. The van der Waals surface area contributed by atoms with Gasteiger partial charge in [-0.1, -0.05) is 0 Å². The van der Waals surface area contributed by atoms with Gasteiger partial charge in [0.15, 0.2) is 0 Å². The van der Waals surface area contributed by atoms with Crippen LogP contribution in [0.1, 0.15) is 38.4 Å². The summed E-state index contributed by atoms with van der Waals surface area (Å²) < 4.78 is 5.21. The summed E-state index contributed by atoms with van der Waals surface area (Å²) >= 11 is 0. The predicted molar refractivity (Wildman–Crippen MR) is 105 cm³/mol. The molecule has 0 atom stereocenters. The maximum absolute atomic E-state index is 12.5. The van der Waals surface area contributed by atoms with E-state index in [4.69, 9.17) is 4.42 Å². The van der Waals surface area contributed by atoms with E-state index in [0.717, 1.165) is 5.76 Å². The highest BCUT2D eigenvalue weighted by atomic mass is 16.3. The van der Waals surface area contributed by atoms with Crippen molar-refractivity contribution in [2.45, 2.75) is 39.2 Å².